The lowest BCUT2D eigenvalue weighted by molar-refractivity contribution is -0.118. The van der Waals surface area contributed by atoms with E-state index in [0.29, 0.717) is 11.4 Å². The molecule has 0 atom stereocenters. The van der Waals surface area contributed by atoms with Gasteiger partial charge in [-0.15, -0.1) is 0 Å². The van der Waals surface area contributed by atoms with Crippen molar-refractivity contribution in [2.75, 3.05) is 11.9 Å². The number of fused-ring (bicyclic) bond motifs is 1. The van der Waals surface area contributed by atoms with Gasteiger partial charge in [0.15, 0.2) is 6.61 Å². The summed E-state index contributed by atoms with van der Waals surface area (Å²) in [5.74, 6) is 0.827. The molecule has 2 N–H and O–H groups in total. The molecular formula is C18H17NO3. The van der Waals surface area contributed by atoms with Crippen molar-refractivity contribution in [3.8, 4) is 11.5 Å². The van der Waals surface area contributed by atoms with Crippen LogP contribution < -0.4 is 10.1 Å². The van der Waals surface area contributed by atoms with Crippen molar-refractivity contribution >= 4 is 23.7 Å². The third kappa shape index (κ3) is 2.81. The van der Waals surface area contributed by atoms with Crippen LogP contribution in [0.4, 0.5) is 5.69 Å². The van der Waals surface area contributed by atoms with Gasteiger partial charge < -0.3 is 15.2 Å². The Bertz CT molecular complexity index is 755. The second-order valence-electron chi connectivity index (χ2n) is 5.42. The number of carbonyl (C=O) groups excluding carboxylic acids is 1. The maximum absolute atomic E-state index is 11.4. The van der Waals surface area contributed by atoms with Crippen LogP contribution >= 0.6 is 0 Å². The van der Waals surface area contributed by atoms with E-state index < -0.39 is 0 Å². The Kier molecular flexibility index (Phi) is 3.59. The van der Waals surface area contributed by atoms with Crippen molar-refractivity contribution in [2.24, 2.45) is 0 Å². The molecule has 0 unspecified atom stereocenters. The Hall–Kier alpha value is -2.75. The quantitative estimate of drug-likeness (QED) is 0.834. The van der Waals surface area contributed by atoms with Crippen LogP contribution in [-0.4, -0.2) is 17.6 Å². The highest BCUT2D eigenvalue weighted by Gasteiger charge is 2.15. The van der Waals surface area contributed by atoms with E-state index in [-0.39, 0.29) is 18.3 Å². The van der Waals surface area contributed by atoms with Gasteiger partial charge in [-0.3, -0.25) is 4.79 Å². The molecule has 0 saturated carbocycles. The lowest BCUT2D eigenvalue weighted by atomic mass is 10.0. The Labute approximate surface area is 129 Å². The number of aryl methyl sites for hydroxylation is 2. The van der Waals surface area contributed by atoms with E-state index in [1.807, 2.05) is 44.2 Å². The molecule has 1 aliphatic rings. The standard InChI is InChI=1S/C18H17NO3/c1-11-7-14(20)8-12(2)15(11)5-3-13-4-6-17-16(9-13)19-18(21)10-22-17/h3-9,20H,10H2,1-2H3,(H,19,21)/b5-3+. The van der Waals surface area contributed by atoms with Crippen molar-refractivity contribution in [2.45, 2.75) is 13.8 Å². The minimum atomic E-state index is -0.140. The third-order valence-electron chi connectivity index (χ3n) is 3.66. The average molecular weight is 295 g/mol. The van der Waals surface area contributed by atoms with Gasteiger partial charge in [-0.25, -0.2) is 0 Å². The Balaban J connectivity index is 1.90. The van der Waals surface area contributed by atoms with Gasteiger partial charge in [-0.1, -0.05) is 18.2 Å². The lowest BCUT2D eigenvalue weighted by Gasteiger charge is -2.17. The molecular weight excluding hydrogens is 278 g/mol. The first-order valence-electron chi connectivity index (χ1n) is 7.08. The van der Waals surface area contributed by atoms with Gasteiger partial charge in [0.25, 0.3) is 5.91 Å². The minimum absolute atomic E-state index is 0.0636. The number of hydrogen-bond acceptors (Lipinski definition) is 3. The lowest BCUT2D eigenvalue weighted by Crippen LogP contribution is -2.25. The van der Waals surface area contributed by atoms with Crippen molar-refractivity contribution < 1.29 is 14.6 Å². The average Bonchev–Trinajstić information content (AvgIpc) is 2.45. The number of carbonyl (C=O) groups is 1. The van der Waals surface area contributed by atoms with Crippen LogP contribution in [0.15, 0.2) is 30.3 Å². The molecule has 2 aromatic carbocycles. The van der Waals surface area contributed by atoms with Crippen molar-refractivity contribution in [3.05, 3.63) is 52.6 Å². The molecule has 112 valence electrons. The molecule has 0 aromatic heterocycles. The molecule has 1 heterocycles. The predicted molar refractivity (Wildman–Crippen MR) is 87.1 cm³/mol. The van der Waals surface area contributed by atoms with Crippen LogP contribution in [0.5, 0.6) is 11.5 Å². The number of amides is 1. The van der Waals surface area contributed by atoms with E-state index in [2.05, 4.69) is 5.32 Å². The fourth-order valence-electron chi connectivity index (χ4n) is 2.60. The molecule has 0 fully saturated rings. The molecule has 2 aromatic rings. The van der Waals surface area contributed by atoms with Gasteiger partial charge in [0.05, 0.1) is 5.69 Å². The van der Waals surface area contributed by atoms with Crippen molar-refractivity contribution in [3.63, 3.8) is 0 Å². The largest absolute Gasteiger partial charge is 0.508 e. The van der Waals surface area contributed by atoms with E-state index in [1.165, 1.54) is 0 Å². The van der Waals surface area contributed by atoms with E-state index in [9.17, 15) is 9.90 Å². The number of anilines is 1. The highest BCUT2D eigenvalue weighted by atomic mass is 16.5. The summed E-state index contributed by atoms with van der Waals surface area (Å²) in [6, 6.07) is 9.16. The fraction of sp³-hybridized carbons (Fsp3) is 0.167. The van der Waals surface area contributed by atoms with Crippen LogP contribution in [0.25, 0.3) is 12.2 Å². The molecule has 4 nitrogen and oxygen atoms in total. The van der Waals surface area contributed by atoms with E-state index >= 15 is 0 Å². The van der Waals surface area contributed by atoms with Crippen LogP contribution in [-0.2, 0) is 4.79 Å². The molecule has 1 aliphatic heterocycles. The van der Waals surface area contributed by atoms with Gasteiger partial charge in [-0.05, 0) is 60.4 Å². The zero-order valence-corrected chi connectivity index (χ0v) is 12.5. The number of benzene rings is 2. The van der Waals surface area contributed by atoms with Crippen LogP contribution in [0.1, 0.15) is 22.3 Å². The van der Waals surface area contributed by atoms with Crippen LogP contribution in [0.2, 0.25) is 0 Å². The molecule has 3 rings (SSSR count). The first-order chi connectivity index (χ1) is 10.5. The minimum Gasteiger partial charge on any atom is -0.508 e. The molecule has 0 saturated heterocycles. The van der Waals surface area contributed by atoms with E-state index in [1.54, 1.807) is 12.1 Å². The molecule has 4 heteroatoms. The third-order valence-corrected chi connectivity index (χ3v) is 3.66. The second kappa shape index (κ2) is 5.56. The van der Waals surface area contributed by atoms with E-state index in [4.69, 9.17) is 4.74 Å². The summed E-state index contributed by atoms with van der Waals surface area (Å²) < 4.78 is 5.34. The summed E-state index contributed by atoms with van der Waals surface area (Å²) in [5, 5.41) is 12.4. The van der Waals surface area contributed by atoms with Crippen LogP contribution in [0.3, 0.4) is 0 Å². The summed E-state index contributed by atoms with van der Waals surface area (Å²) in [6.07, 6.45) is 3.99. The predicted octanol–water partition coefficient (Wildman–Crippen LogP) is 3.51. The second-order valence-corrected chi connectivity index (χ2v) is 5.42. The molecule has 0 aliphatic carbocycles. The maximum Gasteiger partial charge on any atom is 0.262 e. The summed E-state index contributed by atoms with van der Waals surface area (Å²) in [5.41, 5.74) is 4.77. The molecule has 22 heavy (non-hydrogen) atoms. The monoisotopic (exact) mass is 295 g/mol. The Morgan fingerprint density at radius 1 is 1.14 bits per heavy atom. The zero-order chi connectivity index (χ0) is 15.7. The first kappa shape index (κ1) is 14.2. The van der Waals surface area contributed by atoms with Crippen LogP contribution in [0, 0.1) is 13.8 Å². The number of rotatable bonds is 2. The zero-order valence-electron chi connectivity index (χ0n) is 12.5. The highest BCUT2D eigenvalue weighted by Crippen LogP contribution is 2.29. The first-order valence-corrected chi connectivity index (χ1v) is 7.08. The van der Waals surface area contributed by atoms with Crippen molar-refractivity contribution in [1.29, 1.82) is 0 Å². The van der Waals surface area contributed by atoms with Gasteiger partial charge >= 0.3 is 0 Å². The molecule has 0 spiro atoms. The molecule has 1 amide bonds. The number of aromatic hydroxyl groups is 1. The number of hydrogen-bond donors (Lipinski definition) is 2. The Morgan fingerprint density at radius 2 is 1.86 bits per heavy atom. The smallest absolute Gasteiger partial charge is 0.262 e. The molecule has 0 bridgehead atoms. The van der Waals surface area contributed by atoms with E-state index in [0.717, 1.165) is 22.3 Å². The Morgan fingerprint density at radius 3 is 2.59 bits per heavy atom. The number of phenolic OH excluding ortho intramolecular Hbond substituents is 1. The maximum atomic E-state index is 11.4. The van der Waals surface area contributed by atoms with Gasteiger partial charge in [-0.2, -0.15) is 0 Å². The van der Waals surface area contributed by atoms with Gasteiger partial charge in [0.2, 0.25) is 0 Å². The molecule has 0 radical (unpaired) electrons. The van der Waals surface area contributed by atoms with Gasteiger partial charge in [0, 0.05) is 0 Å². The fourth-order valence-corrected chi connectivity index (χ4v) is 2.60. The normalized spacial score (nSPS) is 13.6. The topological polar surface area (TPSA) is 58.6 Å². The summed E-state index contributed by atoms with van der Waals surface area (Å²) >= 11 is 0. The highest BCUT2D eigenvalue weighted by molar-refractivity contribution is 5.95. The number of nitrogens with one attached hydrogen (secondary N) is 1. The number of ether oxygens (including phenoxy) is 1. The van der Waals surface area contributed by atoms with Crippen molar-refractivity contribution in [1.82, 2.24) is 0 Å². The SMILES string of the molecule is Cc1cc(O)cc(C)c1/C=C/c1ccc2c(c1)NC(=O)CO2. The summed E-state index contributed by atoms with van der Waals surface area (Å²) in [4.78, 5) is 11.4. The van der Waals surface area contributed by atoms with Gasteiger partial charge in [0.1, 0.15) is 11.5 Å². The number of phenols is 1. The summed E-state index contributed by atoms with van der Waals surface area (Å²) in [7, 11) is 0. The summed E-state index contributed by atoms with van der Waals surface area (Å²) in [6.45, 7) is 3.99.